The van der Waals surface area contributed by atoms with Gasteiger partial charge in [0.2, 0.25) is 0 Å². The molecule has 0 unspecified atom stereocenters. The van der Waals surface area contributed by atoms with Crippen molar-refractivity contribution in [1.82, 2.24) is 20.1 Å². The van der Waals surface area contributed by atoms with E-state index in [2.05, 4.69) is 25.8 Å². The number of hydrogen-bond donors (Lipinski definition) is 3. The summed E-state index contributed by atoms with van der Waals surface area (Å²) in [6, 6.07) is 3.67. The predicted molar refractivity (Wildman–Crippen MR) is 164 cm³/mol. The van der Waals surface area contributed by atoms with Gasteiger partial charge in [0.25, 0.3) is 5.91 Å². The summed E-state index contributed by atoms with van der Waals surface area (Å²) in [5, 5.41) is 12.2. The van der Waals surface area contributed by atoms with Crippen molar-refractivity contribution < 1.29 is 23.9 Å². The van der Waals surface area contributed by atoms with Crippen LogP contribution in [0.5, 0.6) is 0 Å². The van der Waals surface area contributed by atoms with E-state index in [1.54, 1.807) is 43.8 Å². The number of urea groups is 1. The lowest BCUT2D eigenvalue weighted by Crippen LogP contribution is -2.46. The maximum absolute atomic E-state index is 13.3. The molecule has 2 fully saturated rings. The Labute approximate surface area is 252 Å². The van der Waals surface area contributed by atoms with Gasteiger partial charge in [-0.3, -0.25) is 20.0 Å². The Kier molecular flexibility index (Phi) is 11.6. The number of nitrogens with one attached hydrogen (secondary N) is 3. The number of nitrogens with zero attached hydrogens (tertiary/aromatic N) is 3. The van der Waals surface area contributed by atoms with Gasteiger partial charge in [-0.25, -0.2) is 9.59 Å². The number of aromatic nitrogens is 1. The van der Waals surface area contributed by atoms with Crippen molar-refractivity contribution >= 4 is 40.7 Å². The van der Waals surface area contributed by atoms with Crippen LogP contribution < -0.4 is 16.0 Å². The van der Waals surface area contributed by atoms with Gasteiger partial charge >= 0.3 is 12.1 Å². The van der Waals surface area contributed by atoms with E-state index >= 15 is 0 Å². The molecule has 1 aliphatic heterocycles. The molecule has 1 saturated carbocycles. The summed E-state index contributed by atoms with van der Waals surface area (Å²) in [6.07, 6.45) is 7.50. The van der Waals surface area contributed by atoms with Crippen LogP contribution in [0.2, 0.25) is 0 Å². The summed E-state index contributed by atoms with van der Waals surface area (Å²) in [5.74, 6) is -0.399. The number of rotatable bonds is 10. The van der Waals surface area contributed by atoms with Gasteiger partial charge in [-0.2, -0.15) is 0 Å². The number of ether oxygens (including phenoxy) is 2. The molecule has 230 valence electrons. The largest absolute Gasteiger partial charge is 0.444 e. The third kappa shape index (κ3) is 10.2. The Morgan fingerprint density at radius 3 is 2.45 bits per heavy atom. The number of thiophene rings is 1. The van der Waals surface area contributed by atoms with E-state index in [9.17, 15) is 14.4 Å². The summed E-state index contributed by atoms with van der Waals surface area (Å²) in [6.45, 7) is 10.7. The van der Waals surface area contributed by atoms with Crippen molar-refractivity contribution in [2.45, 2.75) is 77.5 Å². The van der Waals surface area contributed by atoms with E-state index in [0.717, 1.165) is 70.5 Å². The molecule has 0 radical (unpaired) electrons. The molecule has 0 aromatic carbocycles. The highest BCUT2D eigenvalue weighted by molar-refractivity contribution is 7.09. The minimum absolute atomic E-state index is 0.0480. The van der Waals surface area contributed by atoms with Crippen LogP contribution in [0.3, 0.4) is 0 Å². The Morgan fingerprint density at radius 1 is 1.07 bits per heavy atom. The standard InChI is InChI=1S/C30H44N6O5S/c1-30(2,3)41-29(39)34-26-21-42-20-25(26)33-27(37)24-11-10-22(18-31-24)19-36(13-7-12-35-14-16-40-17-15-35)28(38)32-23-8-5-4-6-9-23/h10-11,18,20-21,23H,4-9,12-17,19H2,1-3H3,(H,32,38)(H,33,37)(H,34,39). The fourth-order valence-electron chi connectivity index (χ4n) is 5.04. The van der Waals surface area contributed by atoms with Crippen molar-refractivity contribution in [2.75, 3.05) is 50.0 Å². The summed E-state index contributed by atoms with van der Waals surface area (Å²) >= 11 is 1.34. The molecule has 0 bridgehead atoms. The Balaban J connectivity index is 1.34. The molecule has 1 aliphatic carbocycles. The topological polar surface area (TPSA) is 125 Å². The van der Waals surface area contributed by atoms with E-state index in [-0.39, 0.29) is 17.8 Å². The zero-order valence-electron chi connectivity index (χ0n) is 24.9. The number of anilines is 2. The molecule has 1 saturated heterocycles. The van der Waals surface area contributed by atoms with E-state index in [1.807, 2.05) is 11.0 Å². The van der Waals surface area contributed by atoms with Crippen LogP contribution in [-0.2, 0) is 16.0 Å². The maximum Gasteiger partial charge on any atom is 0.412 e. The fraction of sp³-hybridized carbons (Fsp3) is 0.600. The summed E-state index contributed by atoms with van der Waals surface area (Å²) < 4.78 is 10.8. The molecule has 2 aromatic heterocycles. The Hall–Kier alpha value is -3.22. The highest BCUT2D eigenvalue weighted by Crippen LogP contribution is 2.27. The zero-order valence-corrected chi connectivity index (χ0v) is 25.8. The monoisotopic (exact) mass is 600 g/mol. The molecule has 0 atom stereocenters. The van der Waals surface area contributed by atoms with E-state index in [4.69, 9.17) is 9.47 Å². The number of carbonyl (C=O) groups excluding carboxylic acids is 3. The van der Waals surface area contributed by atoms with E-state index in [1.165, 1.54) is 17.8 Å². The van der Waals surface area contributed by atoms with Crippen molar-refractivity contribution in [3.63, 3.8) is 0 Å². The molecule has 11 nitrogen and oxygen atoms in total. The van der Waals surface area contributed by atoms with Gasteiger partial charge < -0.3 is 25.0 Å². The van der Waals surface area contributed by atoms with Gasteiger partial charge in [0, 0.05) is 55.7 Å². The van der Waals surface area contributed by atoms with Crippen LogP contribution in [-0.4, -0.2) is 83.9 Å². The smallest absolute Gasteiger partial charge is 0.412 e. The normalized spacial score (nSPS) is 16.5. The summed E-state index contributed by atoms with van der Waals surface area (Å²) in [5.41, 5.74) is 1.37. The maximum atomic E-state index is 13.3. The second-order valence-corrected chi connectivity index (χ2v) is 12.6. The van der Waals surface area contributed by atoms with Gasteiger partial charge in [-0.15, -0.1) is 11.3 Å². The van der Waals surface area contributed by atoms with Gasteiger partial charge in [-0.1, -0.05) is 25.3 Å². The molecule has 12 heteroatoms. The van der Waals surface area contributed by atoms with Crippen LogP contribution in [0.15, 0.2) is 29.1 Å². The van der Waals surface area contributed by atoms with Crippen LogP contribution >= 0.6 is 11.3 Å². The lowest BCUT2D eigenvalue weighted by Gasteiger charge is -2.30. The van der Waals surface area contributed by atoms with Crippen molar-refractivity contribution in [3.8, 4) is 0 Å². The summed E-state index contributed by atoms with van der Waals surface area (Å²) in [4.78, 5) is 47.0. The van der Waals surface area contributed by atoms with Gasteiger partial charge in [-0.05, 0) is 51.7 Å². The first-order valence-corrected chi connectivity index (χ1v) is 15.8. The molecule has 2 aromatic rings. The van der Waals surface area contributed by atoms with E-state index < -0.39 is 17.6 Å². The Bertz CT molecular complexity index is 1170. The van der Waals surface area contributed by atoms with Crippen molar-refractivity contribution in [2.24, 2.45) is 0 Å². The zero-order chi connectivity index (χ0) is 30.0. The van der Waals surface area contributed by atoms with Gasteiger partial charge in [0.05, 0.1) is 24.6 Å². The number of carbonyl (C=O) groups is 3. The van der Waals surface area contributed by atoms with Crippen LogP contribution in [0.4, 0.5) is 21.0 Å². The fourth-order valence-corrected chi connectivity index (χ4v) is 5.75. The molecule has 0 spiro atoms. The van der Waals surface area contributed by atoms with Gasteiger partial charge in [0.1, 0.15) is 11.3 Å². The molecule has 3 N–H and O–H groups in total. The quantitative estimate of drug-likeness (QED) is 0.338. The predicted octanol–water partition coefficient (Wildman–Crippen LogP) is 5.31. The average Bonchev–Trinajstić information content (AvgIpc) is 3.38. The first-order valence-electron chi connectivity index (χ1n) is 14.8. The highest BCUT2D eigenvalue weighted by Gasteiger charge is 2.22. The van der Waals surface area contributed by atoms with Gasteiger partial charge in [0.15, 0.2) is 0 Å². The number of morpholine rings is 1. The van der Waals surface area contributed by atoms with E-state index in [0.29, 0.717) is 24.5 Å². The lowest BCUT2D eigenvalue weighted by atomic mass is 9.96. The second-order valence-electron chi connectivity index (χ2n) is 11.8. The molecule has 4 rings (SSSR count). The van der Waals surface area contributed by atoms with Crippen molar-refractivity contribution in [1.29, 1.82) is 0 Å². The SMILES string of the molecule is CC(C)(C)OC(=O)Nc1cscc1NC(=O)c1ccc(CN(CCCN2CCOCC2)C(=O)NC2CCCCC2)cn1. The third-order valence-corrected chi connectivity index (χ3v) is 7.95. The van der Waals surface area contributed by atoms with Crippen LogP contribution in [0.25, 0.3) is 0 Å². The Morgan fingerprint density at radius 2 is 1.79 bits per heavy atom. The van der Waals surface area contributed by atoms with Crippen LogP contribution in [0, 0.1) is 0 Å². The number of hydrogen-bond acceptors (Lipinski definition) is 8. The average molecular weight is 601 g/mol. The molecule has 3 heterocycles. The first-order chi connectivity index (χ1) is 20.2. The lowest BCUT2D eigenvalue weighted by molar-refractivity contribution is 0.0364. The second kappa shape index (κ2) is 15.3. The molecular weight excluding hydrogens is 556 g/mol. The van der Waals surface area contributed by atoms with Crippen LogP contribution in [0.1, 0.15) is 75.3 Å². The van der Waals surface area contributed by atoms with Crippen molar-refractivity contribution in [3.05, 3.63) is 40.3 Å². The molecule has 4 amide bonds. The number of pyridine rings is 1. The first kappa shape index (κ1) is 31.7. The molecule has 2 aliphatic rings. The highest BCUT2D eigenvalue weighted by atomic mass is 32.1. The molecular formula is C30H44N6O5S. The number of amides is 4. The third-order valence-electron chi connectivity index (χ3n) is 7.20. The molecule has 42 heavy (non-hydrogen) atoms. The minimum atomic E-state index is -0.635. The minimum Gasteiger partial charge on any atom is -0.444 e. The summed E-state index contributed by atoms with van der Waals surface area (Å²) in [7, 11) is 0.